The summed E-state index contributed by atoms with van der Waals surface area (Å²) in [5, 5.41) is 0. The molecule has 0 aromatic heterocycles. The Balaban J connectivity index is 1.47. The minimum Gasteiger partial charge on any atom is -0.370 e. The summed E-state index contributed by atoms with van der Waals surface area (Å²) in [5.74, 6) is 0.601. The molecule has 2 fully saturated rings. The first kappa shape index (κ1) is 17.6. The number of carbonyl (C=O) groups is 1. The van der Waals surface area contributed by atoms with Crippen LogP contribution in [0.5, 0.6) is 0 Å². The summed E-state index contributed by atoms with van der Waals surface area (Å²) in [6, 6.07) is 10.4. The number of carbonyl (C=O) groups excluding carboxylic acids is 1. The highest BCUT2D eigenvalue weighted by Gasteiger charge is 2.21. The lowest BCUT2D eigenvalue weighted by Crippen LogP contribution is -2.49. The van der Waals surface area contributed by atoms with Gasteiger partial charge in [-0.2, -0.15) is 0 Å². The molecule has 0 saturated carbocycles. The summed E-state index contributed by atoms with van der Waals surface area (Å²) < 4.78 is 0. The van der Waals surface area contributed by atoms with Crippen molar-refractivity contribution in [2.24, 2.45) is 10.7 Å². The van der Waals surface area contributed by atoms with E-state index in [1.807, 2.05) is 23.1 Å². The van der Waals surface area contributed by atoms with Crippen LogP contribution in [0.15, 0.2) is 35.3 Å². The zero-order chi connectivity index (χ0) is 17.5. The van der Waals surface area contributed by atoms with Crippen LogP contribution < -0.4 is 10.6 Å². The van der Waals surface area contributed by atoms with Gasteiger partial charge in [0.2, 0.25) is 5.91 Å². The van der Waals surface area contributed by atoms with E-state index in [1.165, 1.54) is 18.5 Å². The number of hydrogen-bond acceptors (Lipinski definition) is 3. The average Bonchev–Trinajstić information content (AvgIpc) is 2.96. The summed E-state index contributed by atoms with van der Waals surface area (Å²) in [7, 11) is 0. The number of guanidine groups is 1. The average molecular weight is 343 g/mol. The van der Waals surface area contributed by atoms with Crippen LogP contribution in [0.25, 0.3) is 0 Å². The van der Waals surface area contributed by atoms with E-state index >= 15 is 0 Å². The summed E-state index contributed by atoms with van der Waals surface area (Å²) in [4.78, 5) is 23.1. The van der Waals surface area contributed by atoms with E-state index in [1.54, 1.807) is 0 Å². The fraction of sp³-hybridized carbons (Fsp3) is 0.579. The molecule has 0 atom stereocenters. The highest BCUT2D eigenvalue weighted by molar-refractivity contribution is 5.84. The number of likely N-dealkylation sites (tertiary alicyclic amines) is 1. The lowest BCUT2D eigenvalue weighted by molar-refractivity contribution is -0.129. The van der Waals surface area contributed by atoms with E-state index in [-0.39, 0.29) is 12.5 Å². The van der Waals surface area contributed by atoms with Gasteiger partial charge in [0.05, 0.1) is 0 Å². The van der Waals surface area contributed by atoms with Crippen molar-refractivity contribution in [1.82, 2.24) is 9.80 Å². The number of para-hydroxylation sites is 1. The van der Waals surface area contributed by atoms with E-state index in [4.69, 9.17) is 5.73 Å². The second-order valence-electron chi connectivity index (χ2n) is 6.78. The highest BCUT2D eigenvalue weighted by atomic mass is 16.2. The van der Waals surface area contributed by atoms with Gasteiger partial charge < -0.3 is 20.4 Å². The van der Waals surface area contributed by atoms with Crippen molar-refractivity contribution in [3.8, 4) is 0 Å². The maximum absolute atomic E-state index is 12.4. The molecule has 6 nitrogen and oxygen atoms in total. The molecule has 2 aliphatic rings. The molecule has 2 aliphatic heterocycles. The Kier molecular flexibility index (Phi) is 6.14. The van der Waals surface area contributed by atoms with Crippen LogP contribution in [0.3, 0.4) is 0 Å². The molecule has 136 valence electrons. The lowest BCUT2D eigenvalue weighted by atomic mass is 10.2. The smallest absolute Gasteiger partial charge is 0.244 e. The van der Waals surface area contributed by atoms with Gasteiger partial charge in [-0.25, -0.2) is 4.99 Å². The third-order valence-electron chi connectivity index (χ3n) is 5.06. The molecule has 25 heavy (non-hydrogen) atoms. The molecule has 1 aromatic carbocycles. The Bertz CT molecular complexity index is 573. The van der Waals surface area contributed by atoms with Crippen molar-refractivity contribution in [2.45, 2.75) is 25.7 Å². The van der Waals surface area contributed by atoms with E-state index in [0.717, 1.165) is 52.1 Å². The lowest BCUT2D eigenvalue weighted by Gasteiger charge is -2.36. The molecule has 0 bridgehead atoms. The second kappa shape index (κ2) is 8.74. The molecule has 2 saturated heterocycles. The van der Waals surface area contributed by atoms with Gasteiger partial charge in [-0.3, -0.25) is 4.79 Å². The molecule has 2 heterocycles. The predicted molar refractivity (Wildman–Crippen MR) is 102 cm³/mol. The van der Waals surface area contributed by atoms with Crippen LogP contribution in [-0.4, -0.2) is 67.5 Å². The number of rotatable bonds is 3. The SMILES string of the molecule is NC(=NCC(=O)N1CCN(c2ccccc2)CC1)N1CCCCCC1. The quantitative estimate of drug-likeness (QED) is 0.668. The summed E-state index contributed by atoms with van der Waals surface area (Å²) in [6.45, 7) is 5.29. The molecule has 0 radical (unpaired) electrons. The topological polar surface area (TPSA) is 65.2 Å². The number of piperazine rings is 1. The summed E-state index contributed by atoms with van der Waals surface area (Å²) >= 11 is 0. The Hall–Kier alpha value is -2.24. The van der Waals surface area contributed by atoms with Gasteiger partial charge in [0.1, 0.15) is 6.54 Å². The van der Waals surface area contributed by atoms with Crippen LogP contribution in [0, 0.1) is 0 Å². The molecule has 2 N–H and O–H groups in total. The van der Waals surface area contributed by atoms with Gasteiger partial charge in [0.25, 0.3) is 0 Å². The number of nitrogens with zero attached hydrogens (tertiary/aromatic N) is 4. The van der Waals surface area contributed by atoms with Crippen LogP contribution in [0.1, 0.15) is 25.7 Å². The molecular weight excluding hydrogens is 314 g/mol. The van der Waals surface area contributed by atoms with E-state index < -0.39 is 0 Å². The maximum atomic E-state index is 12.4. The molecule has 0 aliphatic carbocycles. The van der Waals surface area contributed by atoms with Crippen LogP contribution in [0.4, 0.5) is 5.69 Å². The molecule has 1 amide bonds. The summed E-state index contributed by atoms with van der Waals surface area (Å²) in [6.07, 6.45) is 4.83. The molecular formula is C19H29N5O. The third kappa shape index (κ3) is 4.87. The monoisotopic (exact) mass is 343 g/mol. The van der Waals surface area contributed by atoms with Crippen LogP contribution in [0.2, 0.25) is 0 Å². The molecule has 1 aromatic rings. The first-order valence-corrected chi connectivity index (χ1v) is 9.37. The van der Waals surface area contributed by atoms with Gasteiger partial charge >= 0.3 is 0 Å². The van der Waals surface area contributed by atoms with Gasteiger partial charge in [-0.1, -0.05) is 31.0 Å². The molecule has 0 unspecified atom stereocenters. The zero-order valence-corrected chi connectivity index (χ0v) is 14.9. The van der Waals surface area contributed by atoms with Crippen molar-refractivity contribution in [3.05, 3.63) is 30.3 Å². The number of benzene rings is 1. The Morgan fingerprint density at radius 1 is 0.880 bits per heavy atom. The minimum atomic E-state index is 0.0745. The van der Waals surface area contributed by atoms with Gasteiger partial charge in [0, 0.05) is 45.0 Å². The Morgan fingerprint density at radius 2 is 1.52 bits per heavy atom. The second-order valence-corrected chi connectivity index (χ2v) is 6.78. The van der Waals surface area contributed by atoms with Crippen molar-refractivity contribution in [3.63, 3.8) is 0 Å². The van der Waals surface area contributed by atoms with Crippen molar-refractivity contribution < 1.29 is 4.79 Å². The number of amides is 1. The van der Waals surface area contributed by atoms with Crippen LogP contribution in [-0.2, 0) is 4.79 Å². The van der Waals surface area contributed by atoms with Crippen LogP contribution >= 0.6 is 0 Å². The minimum absolute atomic E-state index is 0.0745. The van der Waals surface area contributed by atoms with Crippen molar-refractivity contribution >= 4 is 17.6 Å². The predicted octanol–water partition coefficient (Wildman–Crippen LogP) is 1.53. The number of aliphatic imine (C=N–C) groups is 1. The summed E-state index contributed by atoms with van der Waals surface area (Å²) in [5.41, 5.74) is 7.31. The fourth-order valence-corrected chi connectivity index (χ4v) is 3.50. The first-order valence-electron chi connectivity index (χ1n) is 9.37. The Morgan fingerprint density at radius 3 is 2.16 bits per heavy atom. The van der Waals surface area contributed by atoms with Gasteiger partial charge in [-0.05, 0) is 25.0 Å². The van der Waals surface area contributed by atoms with E-state index in [9.17, 15) is 4.79 Å². The molecule has 3 rings (SSSR count). The number of nitrogens with two attached hydrogens (primary N) is 1. The van der Waals surface area contributed by atoms with Crippen molar-refractivity contribution in [2.75, 3.05) is 50.7 Å². The van der Waals surface area contributed by atoms with Gasteiger partial charge in [0.15, 0.2) is 5.96 Å². The maximum Gasteiger partial charge on any atom is 0.244 e. The number of hydrogen-bond donors (Lipinski definition) is 1. The molecule has 6 heteroatoms. The Labute approximate surface area is 150 Å². The highest BCUT2D eigenvalue weighted by Crippen LogP contribution is 2.15. The largest absolute Gasteiger partial charge is 0.370 e. The normalized spacial score (nSPS) is 19.7. The zero-order valence-electron chi connectivity index (χ0n) is 14.9. The standard InChI is InChI=1S/C19H29N5O/c20-19(24-10-6-1-2-7-11-24)21-16-18(25)23-14-12-22(13-15-23)17-8-4-3-5-9-17/h3-5,8-9H,1-2,6-7,10-16H2,(H2,20,21). The molecule has 0 spiro atoms. The van der Waals surface area contributed by atoms with E-state index in [2.05, 4.69) is 26.9 Å². The fourth-order valence-electron chi connectivity index (χ4n) is 3.50. The van der Waals surface area contributed by atoms with E-state index in [0.29, 0.717) is 5.96 Å². The third-order valence-corrected chi connectivity index (χ3v) is 5.06. The number of anilines is 1. The first-order chi connectivity index (χ1) is 12.2. The van der Waals surface area contributed by atoms with Gasteiger partial charge in [-0.15, -0.1) is 0 Å². The van der Waals surface area contributed by atoms with Crippen molar-refractivity contribution in [1.29, 1.82) is 0 Å².